The Balaban J connectivity index is 3.06. The molecule has 22 heavy (non-hydrogen) atoms. The van der Waals surface area contributed by atoms with Crippen molar-refractivity contribution in [3.63, 3.8) is 0 Å². The number of carbonyl (C=O) groups excluding carboxylic acids is 1. The predicted molar refractivity (Wildman–Crippen MR) is 75.3 cm³/mol. The third-order valence-corrected chi connectivity index (χ3v) is 3.02. The minimum Gasteiger partial charge on any atom is -0.480 e. The fourth-order valence-electron chi connectivity index (χ4n) is 1.88. The van der Waals surface area contributed by atoms with Gasteiger partial charge in [0.05, 0.1) is 6.61 Å². The zero-order valence-corrected chi connectivity index (χ0v) is 12.0. The molecule has 0 bridgehead atoms. The molecule has 0 fully saturated rings. The highest BCUT2D eigenvalue weighted by atomic mass is 16.4. The van der Waals surface area contributed by atoms with E-state index in [-0.39, 0.29) is 18.7 Å². The van der Waals surface area contributed by atoms with Gasteiger partial charge < -0.3 is 20.8 Å². The van der Waals surface area contributed by atoms with Gasteiger partial charge in [0.1, 0.15) is 6.54 Å². The number of hydrogen-bond acceptors (Lipinski definition) is 6. The molecule has 1 aromatic rings. The van der Waals surface area contributed by atoms with Crippen molar-refractivity contribution in [1.29, 1.82) is 0 Å². The lowest BCUT2D eigenvalue weighted by Crippen LogP contribution is -2.51. The first-order chi connectivity index (χ1) is 10.3. The smallest absolute Gasteiger partial charge is 0.328 e. The minimum atomic E-state index is -1.45. The van der Waals surface area contributed by atoms with Crippen molar-refractivity contribution in [2.45, 2.75) is 19.5 Å². The van der Waals surface area contributed by atoms with Crippen molar-refractivity contribution >= 4 is 11.9 Å². The Bertz CT molecular complexity index is 664. The maximum Gasteiger partial charge on any atom is 0.328 e. The van der Waals surface area contributed by atoms with E-state index in [0.29, 0.717) is 0 Å². The number of carbonyl (C=O) groups is 2. The SMILES string of the molecule is Cc1cn(CC(=O)N(CCN)[C@H](CO)C(=O)O)c(=O)[nH]c1=O. The Morgan fingerprint density at radius 1 is 1.45 bits per heavy atom. The van der Waals surface area contributed by atoms with Crippen molar-refractivity contribution in [3.05, 3.63) is 32.6 Å². The van der Waals surface area contributed by atoms with Crippen LogP contribution in [0.2, 0.25) is 0 Å². The molecule has 1 heterocycles. The molecular formula is C12H18N4O6. The van der Waals surface area contributed by atoms with E-state index in [0.717, 1.165) is 9.47 Å². The Morgan fingerprint density at radius 3 is 2.59 bits per heavy atom. The van der Waals surface area contributed by atoms with Crippen molar-refractivity contribution in [3.8, 4) is 0 Å². The lowest BCUT2D eigenvalue weighted by atomic mass is 10.2. The second-order valence-electron chi connectivity index (χ2n) is 4.61. The number of carboxylic acid groups (broad SMARTS) is 1. The molecule has 0 aliphatic carbocycles. The van der Waals surface area contributed by atoms with E-state index in [1.54, 1.807) is 0 Å². The Morgan fingerprint density at radius 2 is 2.09 bits per heavy atom. The van der Waals surface area contributed by atoms with Gasteiger partial charge in [-0.25, -0.2) is 9.59 Å². The average molecular weight is 314 g/mol. The molecule has 1 amide bonds. The minimum absolute atomic E-state index is 0.00489. The summed E-state index contributed by atoms with van der Waals surface area (Å²) in [7, 11) is 0. The number of H-pyrrole nitrogens is 1. The molecule has 0 radical (unpaired) electrons. The van der Waals surface area contributed by atoms with Crippen LogP contribution in [0.15, 0.2) is 15.8 Å². The molecule has 0 aliphatic rings. The quantitative estimate of drug-likeness (QED) is 0.419. The van der Waals surface area contributed by atoms with E-state index in [2.05, 4.69) is 0 Å². The van der Waals surface area contributed by atoms with Gasteiger partial charge in [-0.15, -0.1) is 0 Å². The number of aromatic nitrogens is 2. The van der Waals surface area contributed by atoms with Gasteiger partial charge in [-0.2, -0.15) is 0 Å². The first-order valence-corrected chi connectivity index (χ1v) is 6.45. The lowest BCUT2D eigenvalue weighted by Gasteiger charge is -2.27. The van der Waals surface area contributed by atoms with Gasteiger partial charge in [-0.3, -0.25) is 19.1 Å². The second-order valence-corrected chi connectivity index (χ2v) is 4.61. The van der Waals surface area contributed by atoms with Crippen molar-refractivity contribution in [1.82, 2.24) is 14.5 Å². The van der Waals surface area contributed by atoms with E-state index in [9.17, 15) is 19.2 Å². The maximum atomic E-state index is 12.2. The number of nitrogens with two attached hydrogens (primary N) is 1. The third-order valence-electron chi connectivity index (χ3n) is 3.02. The van der Waals surface area contributed by atoms with E-state index in [4.69, 9.17) is 15.9 Å². The van der Waals surface area contributed by atoms with Gasteiger partial charge in [0, 0.05) is 24.8 Å². The molecule has 0 saturated carbocycles. The number of hydrogen-bond donors (Lipinski definition) is 4. The highest BCUT2D eigenvalue weighted by Crippen LogP contribution is 2.02. The zero-order chi connectivity index (χ0) is 16.9. The Labute approximate surface area is 124 Å². The van der Waals surface area contributed by atoms with Crippen LogP contribution >= 0.6 is 0 Å². The fraction of sp³-hybridized carbons (Fsp3) is 0.500. The van der Waals surface area contributed by atoms with Crippen LogP contribution in [-0.2, 0) is 16.1 Å². The van der Waals surface area contributed by atoms with Crippen LogP contribution in [-0.4, -0.2) is 62.3 Å². The molecule has 0 unspecified atom stereocenters. The van der Waals surface area contributed by atoms with Crippen LogP contribution in [0.1, 0.15) is 5.56 Å². The highest BCUT2D eigenvalue weighted by Gasteiger charge is 2.28. The zero-order valence-electron chi connectivity index (χ0n) is 12.0. The first-order valence-electron chi connectivity index (χ1n) is 6.45. The van der Waals surface area contributed by atoms with Crippen molar-refractivity contribution in [2.24, 2.45) is 5.73 Å². The molecule has 1 aromatic heterocycles. The summed E-state index contributed by atoms with van der Waals surface area (Å²) in [6.45, 7) is 0.119. The van der Waals surface area contributed by atoms with E-state index >= 15 is 0 Å². The van der Waals surface area contributed by atoms with Gasteiger partial charge >= 0.3 is 11.7 Å². The Hall–Kier alpha value is -2.46. The van der Waals surface area contributed by atoms with E-state index in [1.807, 2.05) is 4.98 Å². The number of amides is 1. The molecular weight excluding hydrogens is 296 g/mol. The first kappa shape index (κ1) is 17.6. The summed E-state index contributed by atoms with van der Waals surface area (Å²) in [6.07, 6.45) is 1.20. The third kappa shape index (κ3) is 4.02. The van der Waals surface area contributed by atoms with Crippen LogP contribution in [0.4, 0.5) is 0 Å². The standard InChI is InChI=1S/C12H18N4O6/c1-7-4-15(12(22)14-10(7)19)5-9(18)16(3-2-13)8(6-17)11(20)21/h4,8,17H,2-3,5-6,13H2,1H3,(H,20,21)(H,14,19,22)/t8-/m1/s1. The average Bonchev–Trinajstić information content (AvgIpc) is 2.44. The molecule has 122 valence electrons. The number of nitrogens with one attached hydrogen (secondary N) is 1. The largest absolute Gasteiger partial charge is 0.480 e. The molecule has 5 N–H and O–H groups in total. The maximum absolute atomic E-state index is 12.2. The molecule has 0 aliphatic heterocycles. The normalized spacial score (nSPS) is 12.0. The van der Waals surface area contributed by atoms with Crippen molar-refractivity contribution < 1.29 is 19.8 Å². The van der Waals surface area contributed by atoms with Crippen LogP contribution in [0.25, 0.3) is 0 Å². The summed E-state index contributed by atoms with van der Waals surface area (Å²) >= 11 is 0. The molecule has 0 aromatic carbocycles. The molecule has 10 nitrogen and oxygen atoms in total. The summed E-state index contributed by atoms with van der Waals surface area (Å²) in [4.78, 5) is 49.1. The van der Waals surface area contributed by atoms with Gasteiger partial charge in [0.25, 0.3) is 5.56 Å². The van der Waals surface area contributed by atoms with Gasteiger partial charge in [-0.05, 0) is 6.92 Å². The number of aromatic amines is 1. The van der Waals surface area contributed by atoms with E-state index in [1.165, 1.54) is 13.1 Å². The van der Waals surface area contributed by atoms with Crippen LogP contribution in [0.3, 0.4) is 0 Å². The summed E-state index contributed by atoms with van der Waals surface area (Å²) < 4.78 is 0.957. The topological polar surface area (TPSA) is 159 Å². The van der Waals surface area contributed by atoms with Gasteiger partial charge in [0.2, 0.25) is 5.91 Å². The number of aliphatic hydroxyl groups excluding tert-OH is 1. The molecule has 0 spiro atoms. The monoisotopic (exact) mass is 314 g/mol. The number of rotatable bonds is 7. The van der Waals surface area contributed by atoms with Crippen LogP contribution in [0, 0.1) is 6.92 Å². The van der Waals surface area contributed by atoms with Crippen LogP contribution in [0.5, 0.6) is 0 Å². The van der Waals surface area contributed by atoms with E-state index < -0.39 is 42.3 Å². The number of aliphatic carboxylic acids is 1. The van der Waals surface area contributed by atoms with Crippen molar-refractivity contribution in [2.75, 3.05) is 19.7 Å². The molecule has 1 rings (SSSR count). The summed E-state index contributed by atoms with van der Waals surface area (Å²) in [5, 5.41) is 18.1. The second kappa shape index (κ2) is 7.52. The number of aliphatic hydroxyl groups is 1. The summed E-state index contributed by atoms with van der Waals surface area (Å²) in [6, 6.07) is -1.45. The lowest BCUT2D eigenvalue weighted by molar-refractivity contribution is -0.152. The summed E-state index contributed by atoms with van der Waals surface area (Å²) in [5.74, 6) is -2.09. The highest BCUT2D eigenvalue weighted by molar-refractivity contribution is 5.83. The molecule has 0 saturated heterocycles. The van der Waals surface area contributed by atoms with Gasteiger partial charge in [-0.1, -0.05) is 0 Å². The Kier molecular flexibility index (Phi) is 6.01. The van der Waals surface area contributed by atoms with Crippen LogP contribution < -0.4 is 17.0 Å². The summed E-state index contributed by atoms with van der Waals surface area (Å²) in [5.41, 5.74) is 4.23. The number of aryl methyl sites for hydroxylation is 1. The molecule has 10 heteroatoms. The fourth-order valence-corrected chi connectivity index (χ4v) is 1.88. The van der Waals surface area contributed by atoms with Gasteiger partial charge in [0.15, 0.2) is 6.04 Å². The molecule has 1 atom stereocenters. The number of carboxylic acids is 1. The number of nitrogens with zero attached hydrogens (tertiary/aromatic N) is 2. The predicted octanol–water partition coefficient (Wildman–Crippen LogP) is -2.92.